The number of fused-ring (bicyclic) bond motifs is 1. The Balaban J connectivity index is 2.19. The molecule has 1 unspecified atom stereocenters. The van der Waals surface area contributed by atoms with Crippen LogP contribution >= 0.6 is 0 Å². The highest BCUT2D eigenvalue weighted by Crippen LogP contribution is 2.35. The molecule has 20 heavy (non-hydrogen) atoms. The molecule has 3 heteroatoms. The number of rotatable bonds is 6. The Morgan fingerprint density at radius 1 is 1.20 bits per heavy atom. The zero-order valence-electron chi connectivity index (χ0n) is 13.4. The van der Waals surface area contributed by atoms with E-state index in [1.165, 1.54) is 24.2 Å². The Kier molecular flexibility index (Phi) is 4.92. The summed E-state index contributed by atoms with van der Waals surface area (Å²) in [6, 6.07) is 8.78. The van der Waals surface area contributed by atoms with Crippen molar-refractivity contribution in [3.63, 3.8) is 0 Å². The predicted octanol–water partition coefficient (Wildman–Crippen LogP) is 2.97. The molecule has 0 fully saturated rings. The third-order valence-electron chi connectivity index (χ3n) is 4.37. The summed E-state index contributed by atoms with van der Waals surface area (Å²) in [5.74, 6) is 0. The number of hydrogen-bond acceptors (Lipinski definition) is 3. The Morgan fingerprint density at radius 3 is 2.55 bits per heavy atom. The van der Waals surface area contributed by atoms with E-state index < -0.39 is 0 Å². The molecule has 1 aliphatic heterocycles. The van der Waals surface area contributed by atoms with Crippen molar-refractivity contribution in [3.05, 3.63) is 24.3 Å². The topological polar surface area (TPSA) is 18.5 Å². The molecule has 1 aromatic carbocycles. The standard InChI is InChI=1S/C17H29N3/c1-5-10-17(2,13-18-3)14-20-12-11-19(4)15-8-6-7-9-16(15)20/h6-9,18H,5,10-14H2,1-4H3. The Bertz CT molecular complexity index is 424. The van der Waals surface area contributed by atoms with E-state index >= 15 is 0 Å². The van der Waals surface area contributed by atoms with E-state index in [1.54, 1.807) is 0 Å². The van der Waals surface area contributed by atoms with Crippen molar-refractivity contribution in [2.75, 3.05) is 50.1 Å². The molecule has 1 aliphatic rings. The quantitative estimate of drug-likeness (QED) is 0.861. The molecular formula is C17H29N3. The Labute approximate surface area is 124 Å². The van der Waals surface area contributed by atoms with Crippen molar-refractivity contribution in [1.82, 2.24) is 5.32 Å². The van der Waals surface area contributed by atoms with Gasteiger partial charge in [-0.15, -0.1) is 0 Å². The maximum atomic E-state index is 3.38. The lowest BCUT2D eigenvalue weighted by molar-refractivity contribution is 0.287. The minimum Gasteiger partial charge on any atom is -0.371 e. The highest BCUT2D eigenvalue weighted by molar-refractivity contribution is 5.73. The smallest absolute Gasteiger partial charge is 0.0604 e. The summed E-state index contributed by atoms with van der Waals surface area (Å²) in [4.78, 5) is 4.93. The van der Waals surface area contributed by atoms with Crippen LogP contribution in [0, 0.1) is 5.41 Å². The molecule has 0 amide bonds. The molecule has 2 rings (SSSR count). The zero-order valence-corrected chi connectivity index (χ0v) is 13.4. The van der Waals surface area contributed by atoms with Gasteiger partial charge in [-0.25, -0.2) is 0 Å². The maximum absolute atomic E-state index is 3.38. The molecule has 0 bridgehead atoms. The minimum atomic E-state index is 0.340. The molecule has 1 aromatic rings. The Morgan fingerprint density at radius 2 is 1.90 bits per heavy atom. The van der Waals surface area contributed by atoms with Crippen LogP contribution in [0.25, 0.3) is 0 Å². The Hall–Kier alpha value is -1.22. The molecule has 1 N–H and O–H groups in total. The van der Waals surface area contributed by atoms with Crippen LogP contribution in [0.2, 0.25) is 0 Å². The number of likely N-dealkylation sites (N-methyl/N-ethyl adjacent to an activating group) is 1. The lowest BCUT2D eigenvalue weighted by atomic mass is 9.84. The fourth-order valence-electron chi connectivity index (χ4n) is 3.44. The second-order valence-electron chi connectivity index (χ2n) is 6.42. The van der Waals surface area contributed by atoms with Gasteiger partial charge in [0.2, 0.25) is 0 Å². The van der Waals surface area contributed by atoms with Crippen molar-refractivity contribution >= 4 is 11.4 Å². The number of hydrogen-bond donors (Lipinski definition) is 1. The first kappa shape index (κ1) is 15.2. The van der Waals surface area contributed by atoms with Gasteiger partial charge < -0.3 is 15.1 Å². The van der Waals surface area contributed by atoms with Crippen LogP contribution in [0.1, 0.15) is 26.7 Å². The average Bonchev–Trinajstić information content (AvgIpc) is 2.43. The molecule has 1 heterocycles. The van der Waals surface area contributed by atoms with Crippen molar-refractivity contribution in [2.45, 2.75) is 26.7 Å². The number of para-hydroxylation sites is 2. The van der Waals surface area contributed by atoms with Crippen LogP contribution in [0.3, 0.4) is 0 Å². The SMILES string of the molecule is CCCC(C)(CNC)CN1CCN(C)c2ccccc21. The first-order valence-corrected chi connectivity index (χ1v) is 7.79. The van der Waals surface area contributed by atoms with Crippen molar-refractivity contribution in [1.29, 1.82) is 0 Å². The van der Waals surface area contributed by atoms with Crippen LogP contribution in [-0.2, 0) is 0 Å². The van der Waals surface area contributed by atoms with E-state index in [0.717, 1.165) is 26.2 Å². The van der Waals surface area contributed by atoms with E-state index in [-0.39, 0.29) is 0 Å². The van der Waals surface area contributed by atoms with Gasteiger partial charge in [-0.3, -0.25) is 0 Å². The maximum Gasteiger partial charge on any atom is 0.0604 e. The highest BCUT2D eigenvalue weighted by Gasteiger charge is 2.29. The first-order chi connectivity index (χ1) is 9.59. The highest BCUT2D eigenvalue weighted by atomic mass is 15.3. The summed E-state index contributed by atoms with van der Waals surface area (Å²) >= 11 is 0. The molecule has 0 saturated carbocycles. The van der Waals surface area contributed by atoms with Gasteiger partial charge in [-0.1, -0.05) is 32.4 Å². The van der Waals surface area contributed by atoms with Gasteiger partial charge in [0.25, 0.3) is 0 Å². The average molecular weight is 275 g/mol. The van der Waals surface area contributed by atoms with Gasteiger partial charge in [0.1, 0.15) is 0 Å². The van der Waals surface area contributed by atoms with Gasteiger partial charge in [-0.2, -0.15) is 0 Å². The lowest BCUT2D eigenvalue weighted by Crippen LogP contribution is -2.46. The fourth-order valence-corrected chi connectivity index (χ4v) is 3.44. The molecule has 0 saturated heterocycles. The number of nitrogens with zero attached hydrogens (tertiary/aromatic N) is 2. The van der Waals surface area contributed by atoms with E-state index in [2.05, 4.69) is 67.3 Å². The fraction of sp³-hybridized carbons (Fsp3) is 0.647. The van der Waals surface area contributed by atoms with E-state index in [9.17, 15) is 0 Å². The zero-order chi connectivity index (χ0) is 14.6. The number of nitrogens with one attached hydrogen (secondary N) is 1. The first-order valence-electron chi connectivity index (χ1n) is 7.79. The molecular weight excluding hydrogens is 246 g/mol. The van der Waals surface area contributed by atoms with Crippen LogP contribution in [-0.4, -0.2) is 40.3 Å². The summed E-state index contributed by atoms with van der Waals surface area (Å²) < 4.78 is 0. The summed E-state index contributed by atoms with van der Waals surface area (Å²) in [5, 5.41) is 3.38. The van der Waals surface area contributed by atoms with Crippen LogP contribution in [0.5, 0.6) is 0 Å². The third kappa shape index (κ3) is 3.26. The van der Waals surface area contributed by atoms with Crippen LogP contribution in [0.4, 0.5) is 11.4 Å². The predicted molar refractivity (Wildman–Crippen MR) is 88.9 cm³/mol. The second-order valence-corrected chi connectivity index (χ2v) is 6.42. The van der Waals surface area contributed by atoms with Gasteiger partial charge in [-0.05, 0) is 31.0 Å². The van der Waals surface area contributed by atoms with E-state index in [4.69, 9.17) is 0 Å². The molecule has 0 aliphatic carbocycles. The molecule has 3 nitrogen and oxygen atoms in total. The number of benzene rings is 1. The van der Waals surface area contributed by atoms with Crippen molar-refractivity contribution in [2.24, 2.45) is 5.41 Å². The number of anilines is 2. The van der Waals surface area contributed by atoms with Crippen LogP contribution < -0.4 is 15.1 Å². The third-order valence-corrected chi connectivity index (χ3v) is 4.37. The monoisotopic (exact) mass is 275 g/mol. The largest absolute Gasteiger partial charge is 0.371 e. The summed E-state index contributed by atoms with van der Waals surface area (Å²) in [7, 11) is 4.25. The van der Waals surface area contributed by atoms with Gasteiger partial charge in [0, 0.05) is 33.2 Å². The van der Waals surface area contributed by atoms with Gasteiger partial charge in [0.05, 0.1) is 11.4 Å². The minimum absolute atomic E-state index is 0.340. The summed E-state index contributed by atoms with van der Waals surface area (Å²) in [6.45, 7) is 9.14. The molecule has 0 radical (unpaired) electrons. The molecule has 0 spiro atoms. The normalized spacial score (nSPS) is 17.8. The summed E-state index contributed by atoms with van der Waals surface area (Å²) in [5.41, 5.74) is 3.09. The van der Waals surface area contributed by atoms with E-state index in [1.807, 2.05) is 0 Å². The summed E-state index contributed by atoms with van der Waals surface area (Å²) in [6.07, 6.45) is 2.51. The van der Waals surface area contributed by atoms with Gasteiger partial charge in [0.15, 0.2) is 0 Å². The van der Waals surface area contributed by atoms with E-state index in [0.29, 0.717) is 5.41 Å². The second kappa shape index (κ2) is 6.49. The molecule has 112 valence electrons. The van der Waals surface area contributed by atoms with Crippen LogP contribution in [0.15, 0.2) is 24.3 Å². The van der Waals surface area contributed by atoms with Crippen molar-refractivity contribution < 1.29 is 0 Å². The lowest BCUT2D eigenvalue weighted by Gasteiger charge is -2.42. The van der Waals surface area contributed by atoms with Crippen molar-refractivity contribution in [3.8, 4) is 0 Å². The molecule has 0 aromatic heterocycles. The van der Waals surface area contributed by atoms with Gasteiger partial charge >= 0.3 is 0 Å². The molecule has 1 atom stereocenters.